The molecule has 1 nitrogen and oxygen atoms in total. The van der Waals surface area contributed by atoms with Crippen LogP contribution in [0.15, 0.2) is 107 Å². The van der Waals surface area contributed by atoms with Crippen molar-refractivity contribution >= 4 is 23.1 Å². The van der Waals surface area contributed by atoms with Gasteiger partial charge in [0.1, 0.15) is 0 Å². The zero-order chi connectivity index (χ0) is 18.2. The SMILES string of the molecule is CN1c2ccccc2Sc2ccccc2-c2ccccc2-c2ccccc21. The van der Waals surface area contributed by atoms with Crippen LogP contribution < -0.4 is 4.90 Å². The van der Waals surface area contributed by atoms with Gasteiger partial charge >= 0.3 is 0 Å². The predicted octanol–water partition coefficient (Wildman–Crippen LogP) is 7.25. The molecular weight excluding hydrogens is 346 g/mol. The van der Waals surface area contributed by atoms with E-state index < -0.39 is 0 Å². The van der Waals surface area contributed by atoms with Crippen LogP contribution >= 0.6 is 11.8 Å². The minimum Gasteiger partial charge on any atom is -0.343 e. The van der Waals surface area contributed by atoms with Crippen LogP contribution in [0.4, 0.5) is 11.4 Å². The van der Waals surface area contributed by atoms with Gasteiger partial charge in [-0.1, -0.05) is 84.6 Å². The molecular formula is C25H19NS. The zero-order valence-electron chi connectivity index (χ0n) is 15.1. The highest BCUT2D eigenvalue weighted by molar-refractivity contribution is 7.99. The Kier molecular flexibility index (Phi) is 3.99. The van der Waals surface area contributed by atoms with Gasteiger partial charge in [0.15, 0.2) is 0 Å². The van der Waals surface area contributed by atoms with Crippen LogP contribution in [0.5, 0.6) is 0 Å². The lowest BCUT2D eigenvalue weighted by Gasteiger charge is -2.27. The highest BCUT2D eigenvalue weighted by Crippen LogP contribution is 2.47. The van der Waals surface area contributed by atoms with Crippen molar-refractivity contribution in [3.8, 4) is 22.3 Å². The predicted molar refractivity (Wildman–Crippen MR) is 116 cm³/mol. The van der Waals surface area contributed by atoms with E-state index in [0.717, 1.165) is 0 Å². The minimum atomic E-state index is 1.22. The topological polar surface area (TPSA) is 3.24 Å². The molecule has 130 valence electrons. The molecule has 1 aliphatic heterocycles. The average molecular weight is 366 g/mol. The van der Waals surface area contributed by atoms with Crippen molar-refractivity contribution in [1.82, 2.24) is 0 Å². The Balaban J connectivity index is 1.90. The number of para-hydroxylation sites is 2. The molecule has 0 fully saturated rings. The summed E-state index contributed by atoms with van der Waals surface area (Å²) in [5, 5.41) is 0. The minimum absolute atomic E-state index is 1.22. The molecule has 0 unspecified atom stereocenters. The lowest BCUT2D eigenvalue weighted by Crippen LogP contribution is -2.12. The molecule has 4 aromatic carbocycles. The van der Waals surface area contributed by atoms with Gasteiger partial charge in [0, 0.05) is 28.1 Å². The third-order valence-corrected chi connectivity index (χ3v) is 6.25. The number of rotatable bonds is 0. The third-order valence-electron chi connectivity index (χ3n) is 5.11. The zero-order valence-corrected chi connectivity index (χ0v) is 15.9. The van der Waals surface area contributed by atoms with Crippen LogP contribution in [0.3, 0.4) is 0 Å². The number of hydrogen-bond acceptors (Lipinski definition) is 2. The van der Waals surface area contributed by atoms with Crippen molar-refractivity contribution in [2.24, 2.45) is 0 Å². The first kappa shape index (κ1) is 16.2. The Bertz CT molecular complexity index is 1130. The van der Waals surface area contributed by atoms with Crippen LogP contribution in [0.2, 0.25) is 0 Å². The summed E-state index contributed by atoms with van der Waals surface area (Å²) in [6, 6.07) is 34.8. The van der Waals surface area contributed by atoms with Gasteiger partial charge in [-0.2, -0.15) is 0 Å². The smallest absolute Gasteiger partial charge is 0.0550 e. The molecule has 0 aromatic heterocycles. The fourth-order valence-electron chi connectivity index (χ4n) is 3.79. The van der Waals surface area contributed by atoms with E-state index in [2.05, 4.69) is 109 Å². The molecule has 0 saturated carbocycles. The fourth-order valence-corrected chi connectivity index (χ4v) is 4.92. The first-order chi connectivity index (χ1) is 13.3. The maximum atomic E-state index is 2.31. The Morgan fingerprint density at radius 2 is 0.963 bits per heavy atom. The highest BCUT2D eigenvalue weighted by Gasteiger charge is 2.20. The molecule has 0 amide bonds. The quantitative estimate of drug-likeness (QED) is 0.323. The summed E-state index contributed by atoms with van der Waals surface area (Å²) in [4.78, 5) is 4.86. The molecule has 0 spiro atoms. The maximum Gasteiger partial charge on any atom is 0.0550 e. The Hall–Kier alpha value is -2.97. The summed E-state index contributed by atoms with van der Waals surface area (Å²) in [7, 11) is 2.16. The number of fused-ring (bicyclic) bond motifs is 6. The Labute approximate surface area is 164 Å². The monoisotopic (exact) mass is 365 g/mol. The van der Waals surface area contributed by atoms with Gasteiger partial charge in [-0.3, -0.25) is 0 Å². The van der Waals surface area contributed by atoms with E-state index >= 15 is 0 Å². The van der Waals surface area contributed by atoms with E-state index in [-0.39, 0.29) is 0 Å². The second-order valence-electron chi connectivity index (χ2n) is 6.69. The van der Waals surface area contributed by atoms with Crippen molar-refractivity contribution in [3.63, 3.8) is 0 Å². The summed E-state index contributed by atoms with van der Waals surface area (Å²) in [6.45, 7) is 0. The summed E-state index contributed by atoms with van der Waals surface area (Å²) in [5.74, 6) is 0. The molecule has 0 aliphatic carbocycles. The molecule has 5 rings (SSSR count). The van der Waals surface area contributed by atoms with Gasteiger partial charge in [0.2, 0.25) is 0 Å². The number of anilines is 2. The molecule has 4 aromatic rings. The van der Waals surface area contributed by atoms with Crippen LogP contribution in [-0.4, -0.2) is 7.05 Å². The van der Waals surface area contributed by atoms with Crippen LogP contribution in [0.1, 0.15) is 0 Å². The molecule has 1 heterocycles. The Morgan fingerprint density at radius 1 is 0.481 bits per heavy atom. The lowest BCUT2D eigenvalue weighted by molar-refractivity contribution is 1.16. The molecule has 0 bridgehead atoms. The average Bonchev–Trinajstić information content (AvgIpc) is 2.74. The second-order valence-corrected chi connectivity index (χ2v) is 7.77. The summed E-state index contributed by atoms with van der Waals surface area (Å²) in [6.07, 6.45) is 0. The maximum absolute atomic E-state index is 2.31. The number of benzene rings is 4. The van der Waals surface area contributed by atoms with E-state index in [1.54, 1.807) is 0 Å². The summed E-state index contributed by atoms with van der Waals surface area (Å²) in [5.41, 5.74) is 7.54. The normalized spacial score (nSPS) is 12.4. The second kappa shape index (κ2) is 6.64. The van der Waals surface area contributed by atoms with Gasteiger partial charge < -0.3 is 4.90 Å². The van der Waals surface area contributed by atoms with Gasteiger partial charge in [-0.25, -0.2) is 0 Å². The van der Waals surface area contributed by atoms with E-state index in [0.29, 0.717) is 0 Å². The van der Waals surface area contributed by atoms with E-state index in [1.165, 1.54) is 43.4 Å². The van der Waals surface area contributed by atoms with Crippen molar-refractivity contribution in [1.29, 1.82) is 0 Å². The molecule has 0 atom stereocenters. The standard InChI is InChI=1S/C25H19NS/c1-26-22-14-6-4-12-20(22)18-10-2-3-11-19(18)21-13-5-8-16-24(21)27-25-17-9-7-15-23(25)26/h2-17H,1H3. The van der Waals surface area contributed by atoms with Crippen molar-refractivity contribution in [2.75, 3.05) is 11.9 Å². The molecule has 0 radical (unpaired) electrons. The number of hydrogen-bond donors (Lipinski definition) is 0. The van der Waals surface area contributed by atoms with Gasteiger partial charge in [0.05, 0.1) is 5.69 Å². The van der Waals surface area contributed by atoms with Gasteiger partial charge in [0.25, 0.3) is 0 Å². The Morgan fingerprint density at radius 3 is 1.70 bits per heavy atom. The highest BCUT2D eigenvalue weighted by atomic mass is 32.2. The summed E-state index contributed by atoms with van der Waals surface area (Å²) >= 11 is 1.84. The first-order valence-electron chi connectivity index (χ1n) is 9.11. The molecule has 1 aliphatic rings. The molecule has 27 heavy (non-hydrogen) atoms. The number of nitrogens with zero attached hydrogens (tertiary/aromatic N) is 1. The fraction of sp³-hybridized carbons (Fsp3) is 0.0400. The molecule has 0 N–H and O–H groups in total. The molecule has 2 heteroatoms. The van der Waals surface area contributed by atoms with E-state index in [1.807, 2.05) is 11.8 Å². The third kappa shape index (κ3) is 2.73. The van der Waals surface area contributed by atoms with Crippen LogP contribution in [0, 0.1) is 0 Å². The van der Waals surface area contributed by atoms with Crippen molar-refractivity contribution < 1.29 is 0 Å². The van der Waals surface area contributed by atoms with Crippen molar-refractivity contribution in [3.05, 3.63) is 97.1 Å². The van der Waals surface area contributed by atoms with Gasteiger partial charge in [-0.05, 0) is 41.0 Å². The van der Waals surface area contributed by atoms with Crippen molar-refractivity contribution in [2.45, 2.75) is 9.79 Å². The lowest BCUT2D eigenvalue weighted by atomic mass is 9.93. The van der Waals surface area contributed by atoms with Crippen LogP contribution in [0.25, 0.3) is 22.3 Å². The molecule has 0 saturated heterocycles. The van der Waals surface area contributed by atoms with Crippen LogP contribution in [-0.2, 0) is 0 Å². The van der Waals surface area contributed by atoms with E-state index in [9.17, 15) is 0 Å². The van der Waals surface area contributed by atoms with E-state index in [4.69, 9.17) is 0 Å². The van der Waals surface area contributed by atoms with Gasteiger partial charge in [-0.15, -0.1) is 0 Å². The summed E-state index contributed by atoms with van der Waals surface area (Å²) < 4.78 is 0. The largest absolute Gasteiger partial charge is 0.343 e. The first-order valence-corrected chi connectivity index (χ1v) is 9.93.